The molecule has 10 heteroatoms. The highest BCUT2D eigenvalue weighted by Crippen LogP contribution is 2.44. The summed E-state index contributed by atoms with van der Waals surface area (Å²) in [6, 6.07) is 24.2. The van der Waals surface area contributed by atoms with Gasteiger partial charge in [0.2, 0.25) is 5.91 Å². The molecule has 1 aromatic heterocycles. The lowest BCUT2D eigenvalue weighted by Gasteiger charge is -2.22. The fraction of sp³-hybridized carbons (Fsp3) is 0.226. The van der Waals surface area contributed by atoms with Crippen LogP contribution in [0.2, 0.25) is 0 Å². The van der Waals surface area contributed by atoms with Crippen LogP contribution in [0.15, 0.2) is 91.3 Å². The Labute approximate surface area is 236 Å². The van der Waals surface area contributed by atoms with Gasteiger partial charge in [-0.1, -0.05) is 78.9 Å². The van der Waals surface area contributed by atoms with E-state index in [0.29, 0.717) is 5.69 Å². The second kappa shape index (κ2) is 12.5. The number of nitrogens with one attached hydrogen (secondary N) is 2. The normalized spacial score (nSPS) is 13.5. The Morgan fingerprint density at radius 3 is 2.24 bits per heavy atom. The molecule has 0 saturated carbocycles. The highest BCUT2D eigenvalue weighted by molar-refractivity contribution is 5.85. The molecule has 2 unspecified atom stereocenters. The monoisotopic (exact) mass is 554 g/mol. The maximum atomic E-state index is 12.6. The Balaban J connectivity index is 1.12. The molecule has 0 bridgehead atoms. The lowest BCUT2D eigenvalue weighted by Crippen LogP contribution is -2.49. The van der Waals surface area contributed by atoms with Crippen LogP contribution in [0.3, 0.4) is 0 Å². The average Bonchev–Trinajstić information content (AvgIpc) is 3.55. The van der Waals surface area contributed by atoms with Gasteiger partial charge in [0.05, 0.1) is 24.6 Å². The molecule has 3 aromatic carbocycles. The quantitative estimate of drug-likeness (QED) is 0.250. The number of nitrogens with zero attached hydrogens (tertiary/aromatic N) is 2. The number of rotatable bonds is 11. The Morgan fingerprint density at radius 1 is 0.951 bits per heavy atom. The second-order valence-corrected chi connectivity index (χ2v) is 9.76. The number of carbonyl (C=O) groups excluding carboxylic acids is 2. The maximum Gasteiger partial charge on any atom is 0.411 e. The zero-order valence-electron chi connectivity index (χ0n) is 22.4. The molecule has 1 heterocycles. The summed E-state index contributed by atoms with van der Waals surface area (Å²) < 4.78 is 12.5. The number of aliphatic carboxylic acids is 1. The molecule has 0 fully saturated rings. The van der Waals surface area contributed by atoms with E-state index in [4.69, 9.17) is 9.47 Å². The number of carboxylic acid groups (broad SMARTS) is 1. The third kappa shape index (κ3) is 6.62. The van der Waals surface area contributed by atoms with E-state index in [1.807, 2.05) is 66.7 Å². The summed E-state index contributed by atoms with van der Waals surface area (Å²) >= 11 is 0. The fourth-order valence-electron chi connectivity index (χ4n) is 4.91. The molecule has 0 aliphatic heterocycles. The highest BCUT2D eigenvalue weighted by atomic mass is 16.5. The summed E-state index contributed by atoms with van der Waals surface area (Å²) in [5.74, 6) is -1.85. The van der Waals surface area contributed by atoms with Crippen molar-refractivity contribution in [3.63, 3.8) is 0 Å². The van der Waals surface area contributed by atoms with Crippen LogP contribution in [0.1, 0.15) is 29.5 Å². The molecule has 210 valence electrons. The highest BCUT2D eigenvalue weighted by Gasteiger charge is 2.29. The van der Waals surface area contributed by atoms with Crippen molar-refractivity contribution in [2.45, 2.75) is 38.1 Å². The van der Waals surface area contributed by atoms with Gasteiger partial charge in [-0.15, -0.1) is 0 Å². The van der Waals surface area contributed by atoms with Gasteiger partial charge in [0.15, 0.2) is 6.04 Å². The lowest BCUT2D eigenvalue weighted by molar-refractivity contribution is -0.146. The van der Waals surface area contributed by atoms with Gasteiger partial charge in [0.25, 0.3) is 0 Å². The first kappa shape index (κ1) is 27.6. The van der Waals surface area contributed by atoms with E-state index in [9.17, 15) is 19.5 Å². The number of ether oxygens (including phenoxy) is 2. The van der Waals surface area contributed by atoms with Crippen molar-refractivity contribution in [1.29, 1.82) is 0 Å². The van der Waals surface area contributed by atoms with Crippen LogP contribution in [-0.2, 0) is 32.2 Å². The van der Waals surface area contributed by atoms with Crippen molar-refractivity contribution < 1.29 is 29.0 Å². The molecular weight excluding hydrogens is 524 g/mol. The SMILES string of the molecule is CC(OCc1ccccc1)C(NC(=O)Cn1cc(NC(=O)OCC2c3ccccc3-c3ccccc32)cn1)C(=O)O. The fourth-order valence-corrected chi connectivity index (χ4v) is 4.91. The summed E-state index contributed by atoms with van der Waals surface area (Å²) in [5, 5.41) is 18.8. The molecule has 3 N–H and O–H groups in total. The molecule has 2 atom stereocenters. The van der Waals surface area contributed by atoms with Crippen LogP contribution >= 0.6 is 0 Å². The smallest absolute Gasteiger partial charge is 0.411 e. The van der Waals surface area contributed by atoms with E-state index in [0.717, 1.165) is 27.8 Å². The van der Waals surface area contributed by atoms with Crippen molar-refractivity contribution in [3.05, 3.63) is 108 Å². The van der Waals surface area contributed by atoms with Crippen LogP contribution < -0.4 is 10.6 Å². The molecule has 4 aromatic rings. The predicted molar refractivity (Wildman–Crippen MR) is 151 cm³/mol. The number of fused-ring (bicyclic) bond motifs is 3. The average molecular weight is 555 g/mol. The molecule has 41 heavy (non-hydrogen) atoms. The van der Waals surface area contributed by atoms with Gasteiger partial charge in [0, 0.05) is 12.1 Å². The Bertz CT molecular complexity index is 1490. The third-order valence-electron chi connectivity index (χ3n) is 6.94. The zero-order valence-corrected chi connectivity index (χ0v) is 22.4. The molecule has 0 saturated heterocycles. The standard InChI is InChI=1S/C31H30N4O6/c1-20(40-18-21-9-3-2-4-10-21)29(30(37)38)34-28(36)17-35-16-22(15-32-35)33-31(39)41-19-27-25-13-7-5-11-23(25)24-12-6-8-14-26(24)27/h2-16,20,27,29H,17-19H2,1H3,(H,33,39)(H,34,36)(H,37,38). The molecule has 0 spiro atoms. The van der Waals surface area contributed by atoms with Gasteiger partial charge in [-0.25, -0.2) is 9.59 Å². The summed E-state index contributed by atoms with van der Waals surface area (Å²) in [6.45, 7) is 1.72. The number of aromatic nitrogens is 2. The number of hydrogen-bond donors (Lipinski definition) is 3. The van der Waals surface area contributed by atoms with Crippen LogP contribution in [-0.4, -0.2) is 51.6 Å². The molecule has 1 aliphatic rings. The van der Waals surface area contributed by atoms with Crippen molar-refractivity contribution in [3.8, 4) is 11.1 Å². The molecule has 0 radical (unpaired) electrons. The maximum absolute atomic E-state index is 12.6. The number of carboxylic acids is 1. The molecule has 5 rings (SSSR count). The summed E-state index contributed by atoms with van der Waals surface area (Å²) in [7, 11) is 0. The van der Waals surface area contributed by atoms with Crippen molar-refractivity contribution in [2.24, 2.45) is 0 Å². The minimum atomic E-state index is -1.25. The lowest BCUT2D eigenvalue weighted by atomic mass is 9.98. The summed E-state index contributed by atoms with van der Waals surface area (Å²) in [6.07, 6.45) is 1.42. The Kier molecular flexibility index (Phi) is 8.40. The predicted octanol–water partition coefficient (Wildman–Crippen LogP) is 4.42. The van der Waals surface area contributed by atoms with E-state index < -0.39 is 30.1 Å². The molecule has 2 amide bonds. The minimum Gasteiger partial charge on any atom is -0.480 e. The third-order valence-corrected chi connectivity index (χ3v) is 6.94. The summed E-state index contributed by atoms with van der Waals surface area (Å²) in [5.41, 5.74) is 5.73. The Hall–Kier alpha value is -4.96. The molecule has 1 aliphatic carbocycles. The first-order valence-corrected chi connectivity index (χ1v) is 13.2. The number of anilines is 1. The van der Waals surface area contributed by atoms with Crippen LogP contribution in [0.4, 0.5) is 10.5 Å². The number of amides is 2. The molecular formula is C31H30N4O6. The van der Waals surface area contributed by atoms with E-state index in [-0.39, 0.29) is 25.7 Å². The van der Waals surface area contributed by atoms with Crippen LogP contribution in [0.5, 0.6) is 0 Å². The van der Waals surface area contributed by atoms with Crippen LogP contribution in [0, 0.1) is 0 Å². The van der Waals surface area contributed by atoms with Gasteiger partial charge < -0.3 is 19.9 Å². The Morgan fingerprint density at radius 2 is 1.59 bits per heavy atom. The zero-order chi connectivity index (χ0) is 28.8. The first-order chi connectivity index (χ1) is 19.9. The first-order valence-electron chi connectivity index (χ1n) is 13.2. The van der Waals surface area contributed by atoms with Gasteiger partial charge in [0.1, 0.15) is 13.2 Å². The van der Waals surface area contributed by atoms with Crippen molar-refractivity contribution in [1.82, 2.24) is 15.1 Å². The van der Waals surface area contributed by atoms with Crippen molar-refractivity contribution >= 4 is 23.7 Å². The van der Waals surface area contributed by atoms with E-state index >= 15 is 0 Å². The topological polar surface area (TPSA) is 132 Å². The van der Waals surface area contributed by atoms with Gasteiger partial charge in [-0.05, 0) is 34.7 Å². The van der Waals surface area contributed by atoms with Gasteiger partial charge >= 0.3 is 12.1 Å². The van der Waals surface area contributed by atoms with Gasteiger partial charge in [-0.2, -0.15) is 5.10 Å². The molecule has 10 nitrogen and oxygen atoms in total. The summed E-state index contributed by atoms with van der Waals surface area (Å²) in [4.78, 5) is 36.9. The largest absolute Gasteiger partial charge is 0.480 e. The van der Waals surface area contributed by atoms with Crippen LogP contribution in [0.25, 0.3) is 11.1 Å². The van der Waals surface area contributed by atoms with E-state index in [1.54, 1.807) is 6.92 Å². The number of benzene rings is 3. The van der Waals surface area contributed by atoms with E-state index in [2.05, 4.69) is 27.9 Å². The minimum absolute atomic E-state index is 0.0687. The number of hydrogen-bond acceptors (Lipinski definition) is 6. The van der Waals surface area contributed by atoms with Gasteiger partial charge in [-0.3, -0.25) is 14.8 Å². The van der Waals surface area contributed by atoms with Crippen molar-refractivity contribution in [2.75, 3.05) is 11.9 Å². The van der Waals surface area contributed by atoms with E-state index in [1.165, 1.54) is 17.1 Å². The number of carbonyl (C=O) groups is 3. The second-order valence-electron chi connectivity index (χ2n) is 9.76.